The van der Waals surface area contributed by atoms with E-state index in [4.69, 9.17) is 0 Å². The molecule has 0 bridgehead atoms. The first-order chi connectivity index (χ1) is 14.3. The summed E-state index contributed by atoms with van der Waals surface area (Å²) in [5, 5.41) is 6.75. The van der Waals surface area contributed by atoms with E-state index in [0.29, 0.717) is 6.42 Å². The van der Waals surface area contributed by atoms with Crippen LogP contribution in [0.4, 0.5) is 14.5 Å². The third kappa shape index (κ3) is 4.25. The average Bonchev–Trinajstić information content (AvgIpc) is 3.36. The molecular formula is C19H19F2N5O2S2. The van der Waals surface area contributed by atoms with Crippen LogP contribution in [0, 0.1) is 11.6 Å². The molecule has 1 saturated heterocycles. The standard InChI is InChI=1S/C19H19F2N5O2S2/c1-25-10-11(9-22-25)17-5-6-18(29-17)15-8-16(26(2)30(28)24-15)19(27)23-12-3-4-13(20)14(21)7-12/h3-7,9-10,15-16,24H,8H2,1-2H3,(H,23,27). The fraction of sp³-hybridized carbons (Fsp3) is 0.263. The number of amides is 1. The number of aromatic nitrogens is 2. The van der Waals surface area contributed by atoms with Gasteiger partial charge in [-0.3, -0.25) is 9.48 Å². The number of nitrogens with one attached hydrogen (secondary N) is 2. The van der Waals surface area contributed by atoms with Crippen LogP contribution < -0.4 is 10.0 Å². The Morgan fingerprint density at radius 1 is 1.30 bits per heavy atom. The van der Waals surface area contributed by atoms with Gasteiger partial charge in [0.05, 0.1) is 12.2 Å². The molecule has 11 heteroatoms. The van der Waals surface area contributed by atoms with Crippen molar-refractivity contribution in [3.63, 3.8) is 0 Å². The maximum atomic E-state index is 13.4. The van der Waals surface area contributed by atoms with Gasteiger partial charge in [-0.2, -0.15) is 5.10 Å². The molecule has 1 aliphatic heterocycles. The van der Waals surface area contributed by atoms with Gasteiger partial charge in [-0.25, -0.2) is 8.78 Å². The number of halogens is 2. The lowest BCUT2D eigenvalue weighted by Crippen LogP contribution is -2.55. The summed E-state index contributed by atoms with van der Waals surface area (Å²) in [4.78, 5) is 14.8. The van der Waals surface area contributed by atoms with Crippen molar-refractivity contribution < 1.29 is 18.1 Å². The second-order valence-electron chi connectivity index (χ2n) is 6.94. The monoisotopic (exact) mass is 451 g/mol. The number of nitrogens with zero attached hydrogens (tertiary/aromatic N) is 3. The number of carbonyl (C=O) groups is 1. The first kappa shape index (κ1) is 20.9. The Morgan fingerprint density at radius 3 is 2.80 bits per heavy atom. The molecule has 3 aromatic rings. The van der Waals surface area contributed by atoms with Crippen LogP contribution in [0.15, 0.2) is 42.7 Å². The molecule has 2 aromatic heterocycles. The van der Waals surface area contributed by atoms with Crippen LogP contribution in [0.25, 0.3) is 10.4 Å². The molecule has 158 valence electrons. The van der Waals surface area contributed by atoms with Gasteiger partial charge in [0.25, 0.3) is 0 Å². The molecule has 0 spiro atoms. The minimum Gasteiger partial charge on any atom is -0.579 e. The SMILES string of the molecule is CN1C(C(=O)Nc2ccc(F)c(F)c2)CC(c2ccc(-c3cnn(C)c3)s2)N[S+]1[O-]. The second kappa shape index (κ2) is 8.44. The minimum absolute atomic E-state index is 0.142. The molecule has 1 aliphatic rings. The molecule has 0 aliphatic carbocycles. The van der Waals surface area contributed by atoms with Crippen LogP contribution in [0.2, 0.25) is 0 Å². The molecule has 3 atom stereocenters. The third-order valence-electron chi connectivity index (χ3n) is 4.85. The summed E-state index contributed by atoms with van der Waals surface area (Å²) < 4.78 is 45.3. The van der Waals surface area contributed by atoms with Crippen molar-refractivity contribution in [2.75, 3.05) is 12.4 Å². The molecule has 1 amide bonds. The van der Waals surface area contributed by atoms with Gasteiger partial charge in [-0.05, 0) is 24.3 Å². The van der Waals surface area contributed by atoms with Gasteiger partial charge < -0.3 is 9.87 Å². The first-order valence-electron chi connectivity index (χ1n) is 9.07. The van der Waals surface area contributed by atoms with Crippen molar-refractivity contribution in [1.29, 1.82) is 0 Å². The van der Waals surface area contributed by atoms with Crippen molar-refractivity contribution in [2.45, 2.75) is 18.5 Å². The Labute approximate surface area is 179 Å². The van der Waals surface area contributed by atoms with Gasteiger partial charge in [0.15, 0.2) is 11.6 Å². The molecular weight excluding hydrogens is 432 g/mol. The molecule has 3 heterocycles. The van der Waals surface area contributed by atoms with Crippen molar-refractivity contribution in [3.8, 4) is 10.4 Å². The number of likely N-dealkylation sites (N-methyl/N-ethyl adjacent to an activating group) is 1. The van der Waals surface area contributed by atoms with E-state index in [2.05, 4.69) is 15.1 Å². The van der Waals surface area contributed by atoms with Gasteiger partial charge in [-0.1, -0.05) is 4.31 Å². The van der Waals surface area contributed by atoms with Crippen molar-refractivity contribution in [2.24, 2.45) is 7.05 Å². The summed E-state index contributed by atoms with van der Waals surface area (Å²) in [5.74, 6) is -2.47. The molecule has 4 rings (SSSR count). The number of carbonyl (C=O) groups excluding carboxylic acids is 1. The lowest BCUT2D eigenvalue weighted by molar-refractivity contribution is -0.120. The molecule has 0 radical (unpaired) electrons. The summed E-state index contributed by atoms with van der Waals surface area (Å²) in [6.45, 7) is 0. The zero-order chi connectivity index (χ0) is 21.4. The molecule has 1 fully saturated rings. The van der Waals surface area contributed by atoms with Crippen molar-refractivity contribution >= 4 is 34.5 Å². The highest BCUT2D eigenvalue weighted by molar-refractivity contribution is 7.87. The quantitative estimate of drug-likeness (QED) is 0.596. The van der Waals surface area contributed by atoms with Crippen LogP contribution in [0.1, 0.15) is 17.3 Å². The number of rotatable bonds is 4. The fourth-order valence-corrected chi connectivity index (χ4v) is 5.40. The maximum Gasteiger partial charge on any atom is 0.246 e. The van der Waals surface area contributed by atoms with Crippen molar-refractivity contribution in [3.05, 3.63) is 59.2 Å². The number of benzene rings is 1. The summed E-state index contributed by atoms with van der Waals surface area (Å²) in [6, 6.07) is 6.05. The average molecular weight is 452 g/mol. The number of thiophene rings is 1. The highest BCUT2D eigenvalue weighted by Gasteiger charge is 2.41. The maximum absolute atomic E-state index is 13.4. The summed E-state index contributed by atoms with van der Waals surface area (Å²) in [6.07, 6.45) is 4.05. The number of anilines is 1. The van der Waals surface area contributed by atoms with Gasteiger partial charge in [0.1, 0.15) is 17.6 Å². The number of aryl methyl sites for hydroxylation is 1. The smallest absolute Gasteiger partial charge is 0.246 e. The number of hydrogen-bond donors (Lipinski definition) is 2. The molecule has 1 aromatic carbocycles. The highest BCUT2D eigenvalue weighted by Crippen LogP contribution is 2.36. The topological polar surface area (TPSA) is 85.2 Å². The lowest BCUT2D eigenvalue weighted by Gasteiger charge is -2.35. The van der Waals surface area contributed by atoms with E-state index < -0.39 is 35.1 Å². The summed E-state index contributed by atoms with van der Waals surface area (Å²) in [5.41, 5.74) is 1.12. The second-order valence-corrected chi connectivity index (χ2v) is 9.37. The summed E-state index contributed by atoms with van der Waals surface area (Å²) in [7, 11) is 3.42. The van der Waals surface area contributed by atoms with Crippen LogP contribution in [0.3, 0.4) is 0 Å². The molecule has 0 saturated carbocycles. The van der Waals surface area contributed by atoms with Crippen LogP contribution in [0.5, 0.6) is 0 Å². The van der Waals surface area contributed by atoms with E-state index in [1.54, 1.807) is 17.9 Å². The predicted octanol–water partition coefficient (Wildman–Crippen LogP) is 2.98. The van der Waals surface area contributed by atoms with Crippen LogP contribution in [-0.2, 0) is 23.4 Å². The number of hydrogen-bond acceptors (Lipinski definition) is 6. The molecule has 30 heavy (non-hydrogen) atoms. The van der Waals surface area contributed by atoms with E-state index >= 15 is 0 Å². The van der Waals surface area contributed by atoms with E-state index in [1.807, 2.05) is 25.4 Å². The van der Waals surface area contributed by atoms with E-state index in [9.17, 15) is 18.1 Å². The Kier molecular flexibility index (Phi) is 5.89. The predicted molar refractivity (Wildman–Crippen MR) is 112 cm³/mol. The molecule has 7 nitrogen and oxygen atoms in total. The van der Waals surface area contributed by atoms with Crippen LogP contribution >= 0.6 is 11.3 Å². The fourth-order valence-electron chi connectivity index (χ4n) is 3.23. The third-order valence-corrected chi connectivity index (χ3v) is 7.36. The van der Waals surface area contributed by atoms with Gasteiger partial charge >= 0.3 is 0 Å². The Morgan fingerprint density at radius 2 is 2.10 bits per heavy atom. The first-order valence-corrected chi connectivity index (χ1v) is 11.0. The highest BCUT2D eigenvalue weighted by atomic mass is 32.2. The minimum atomic E-state index is -1.58. The van der Waals surface area contributed by atoms with Gasteiger partial charge in [-0.15, -0.1) is 16.1 Å². The van der Waals surface area contributed by atoms with Gasteiger partial charge in [0.2, 0.25) is 5.91 Å². The Bertz CT molecular complexity index is 1070. The lowest BCUT2D eigenvalue weighted by atomic mass is 10.1. The van der Waals surface area contributed by atoms with Crippen LogP contribution in [-0.4, -0.2) is 37.6 Å². The largest absolute Gasteiger partial charge is 0.579 e. The zero-order valence-electron chi connectivity index (χ0n) is 16.1. The van der Waals surface area contributed by atoms with Crippen molar-refractivity contribution in [1.82, 2.24) is 18.8 Å². The zero-order valence-corrected chi connectivity index (χ0v) is 17.8. The summed E-state index contributed by atoms with van der Waals surface area (Å²) >= 11 is -0.0461. The van der Waals surface area contributed by atoms with Gasteiger partial charge in [0, 0.05) is 53.8 Å². The van der Waals surface area contributed by atoms with E-state index in [-0.39, 0.29) is 11.7 Å². The van der Waals surface area contributed by atoms with E-state index in [0.717, 1.165) is 27.5 Å². The Balaban J connectivity index is 1.51. The Hall–Kier alpha value is -2.31. The van der Waals surface area contributed by atoms with E-state index in [1.165, 1.54) is 21.7 Å². The molecule has 3 unspecified atom stereocenters. The molecule has 2 N–H and O–H groups in total. The normalized spacial score (nSPS) is 22.2.